The van der Waals surface area contributed by atoms with Gasteiger partial charge in [0, 0.05) is 43.5 Å². The molecule has 0 amide bonds. The van der Waals surface area contributed by atoms with E-state index in [1.807, 2.05) is 6.92 Å². The van der Waals surface area contributed by atoms with E-state index in [0.29, 0.717) is 12.0 Å². The highest BCUT2D eigenvalue weighted by Crippen LogP contribution is 2.79. The van der Waals surface area contributed by atoms with Crippen LogP contribution in [0.1, 0.15) is 37.2 Å². The smallest absolute Gasteiger partial charge is 0.372 e. The molecular formula is C20H24FNO9P2. The summed E-state index contributed by atoms with van der Waals surface area (Å²) in [6, 6.07) is 6.43. The lowest BCUT2D eigenvalue weighted by atomic mass is 10.2. The average molecular weight is 503 g/mol. The number of halogens is 1. The zero-order chi connectivity index (χ0) is 24.3. The summed E-state index contributed by atoms with van der Waals surface area (Å²) >= 11 is 0. The molecule has 0 radical (unpaired) electrons. The summed E-state index contributed by atoms with van der Waals surface area (Å²) in [6.45, 7) is 2.37. The highest BCUT2D eigenvalue weighted by Gasteiger charge is 2.64. The van der Waals surface area contributed by atoms with E-state index in [0.717, 1.165) is 18.8 Å². The number of aliphatic hydroxyl groups is 1. The molecule has 33 heavy (non-hydrogen) atoms. The van der Waals surface area contributed by atoms with Gasteiger partial charge in [0.2, 0.25) is 25.5 Å². The quantitative estimate of drug-likeness (QED) is 0.309. The van der Waals surface area contributed by atoms with E-state index < -0.39 is 51.3 Å². The molecule has 2 N–H and O–H groups in total. The Morgan fingerprint density at radius 2 is 2.06 bits per heavy atom. The molecule has 1 aliphatic rings. The van der Waals surface area contributed by atoms with Crippen LogP contribution in [0.25, 0.3) is 0 Å². The minimum atomic E-state index is -5.00. The topological polar surface area (TPSA) is 141 Å². The van der Waals surface area contributed by atoms with Crippen LogP contribution < -0.4 is 4.74 Å². The van der Waals surface area contributed by atoms with Crippen molar-refractivity contribution in [1.82, 2.24) is 4.98 Å². The lowest BCUT2D eigenvalue weighted by Gasteiger charge is -2.43. The van der Waals surface area contributed by atoms with Crippen molar-refractivity contribution in [3.8, 4) is 5.75 Å². The number of hydrogen-bond donors (Lipinski definition) is 2. The molecule has 1 aromatic heterocycles. The minimum absolute atomic E-state index is 0.0105. The Bertz CT molecular complexity index is 1070. The van der Waals surface area contributed by atoms with Crippen molar-refractivity contribution in [2.24, 2.45) is 0 Å². The lowest BCUT2D eigenvalue weighted by molar-refractivity contribution is -0.150. The SMILES string of the molecule is CCCC(=O)OCOc1ccc(C2OP(C)(=O)C(O)(Cc3cccnc3)P(=O)(O)O2)c(F)c1. The van der Waals surface area contributed by atoms with Gasteiger partial charge in [-0.15, -0.1) is 0 Å². The zero-order valence-electron chi connectivity index (χ0n) is 17.9. The monoisotopic (exact) mass is 503 g/mol. The summed E-state index contributed by atoms with van der Waals surface area (Å²) in [5.41, 5.74) is -0.000532. The predicted molar refractivity (Wildman–Crippen MR) is 114 cm³/mol. The Labute approximate surface area is 189 Å². The third kappa shape index (κ3) is 5.51. The van der Waals surface area contributed by atoms with Gasteiger partial charge in [-0.2, -0.15) is 0 Å². The molecule has 10 nitrogen and oxygen atoms in total. The van der Waals surface area contributed by atoms with Crippen molar-refractivity contribution >= 4 is 20.9 Å². The molecule has 1 aliphatic heterocycles. The Hall–Kier alpha value is -2.13. The molecule has 13 heteroatoms. The molecule has 4 atom stereocenters. The maximum Gasteiger partial charge on any atom is 0.372 e. The van der Waals surface area contributed by atoms with Crippen LogP contribution >= 0.6 is 15.0 Å². The Morgan fingerprint density at radius 1 is 1.30 bits per heavy atom. The summed E-state index contributed by atoms with van der Waals surface area (Å²) in [6.07, 6.45) is 1.29. The van der Waals surface area contributed by atoms with Crippen molar-refractivity contribution in [2.75, 3.05) is 13.5 Å². The number of esters is 1. The third-order valence-corrected chi connectivity index (χ3v) is 10.4. The molecule has 3 rings (SSSR count). The van der Waals surface area contributed by atoms with Crippen molar-refractivity contribution in [2.45, 2.75) is 37.6 Å². The largest absolute Gasteiger partial charge is 0.457 e. The number of hydrogen-bond acceptors (Lipinski definition) is 9. The molecule has 0 aliphatic carbocycles. The maximum absolute atomic E-state index is 14.7. The van der Waals surface area contributed by atoms with Gasteiger partial charge in [0.05, 0.1) is 0 Å². The molecule has 0 bridgehead atoms. The van der Waals surface area contributed by atoms with Gasteiger partial charge >= 0.3 is 13.6 Å². The van der Waals surface area contributed by atoms with Crippen LogP contribution in [0.4, 0.5) is 4.39 Å². The van der Waals surface area contributed by atoms with Crippen LogP contribution in [-0.2, 0) is 34.1 Å². The van der Waals surface area contributed by atoms with Gasteiger partial charge in [-0.3, -0.25) is 28.0 Å². The number of carbonyl (C=O) groups excluding carboxylic acids is 1. The molecule has 2 aromatic rings. The fourth-order valence-electron chi connectivity index (χ4n) is 3.09. The first-order valence-corrected chi connectivity index (χ1v) is 13.6. The van der Waals surface area contributed by atoms with Crippen LogP contribution in [0.2, 0.25) is 0 Å². The molecule has 0 spiro atoms. The van der Waals surface area contributed by atoms with E-state index in [-0.39, 0.29) is 17.7 Å². The summed E-state index contributed by atoms with van der Waals surface area (Å²) in [4.78, 5) is 25.7. The number of aromatic nitrogens is 1. The summed E-state index contributed by atoms with van der Waals surface area (Å²) in [5.74, 6) is -1.40. The summed E-state index contributed by atoms with van der Waals surface area (Å²) < 4.78 is 61.2. The van der Waals surface area contributed by atoms with Crippen LogP contribution in [0.3, 0.4) is 0 Å². The van der Waals surface area contributed by atoms with Gasteiger partial charge < -0.3 is 19.5 Å². The standard InChI is InChI=1S/C20H24FNO9P2/c1-3-5-18(23)29-13-28-15-7-8-16(17(21)10-15)19-30-32(2,25)20(24,33(26,27)31-19)11-14-6-4-9-22-12-14/h4,6-10,12,19,24H,3,5,11,13H2,1-2H3,(H,26,27). The van der Waals surface area contributed by atoms with Gasteiger partial charge in [0.15, 0.2) is 0 Å². The van der Waals surface area contributed by atoms with Crippen LogP contribution in [0, 0.1) is 5.82 Å². The van der Waals surface area contributed by atoms with Crippen molar-refractivity contribution in [3.05, 3.63) is 59.7 Å². The third-order valence-electron chi connectivity index (χ3n) is 4.93. The first-order valence-electron chi connectivity index (χ1n) is 9.95. The van der Waals surface area contributed by atoms with Crippen LogP contribution in [0.15, 0.2) is 42.7 Å². The Morgan fingerprint density at radius 3 is 2.67 bits per heavy atom. The van der Waals surface area contributed by atoms with E-state index in [4.69, 9.17) is 18.5 Å². The van der Waals surface area contributed by atoms with E-state index in [1.165, 1.54) is 24.5 Å². The number of nitrogens with zero attached hydrogens (tertiary/aromatic N) is 1. The predicted octanol–water partition coefficient (Wildman–Crippen LogP) is 3.93. The molecule has 1 aromatic carbocycles. The van der Waals surface area contributed by atoms with E-state index in [2.05, 4.69) is 4.98 Å². The number of pyridine rings is 1. The molecular weight excluding hydrogens is 479 g/mol. The second-order valence-corrected chi connectivity index (χ2v) is 12.4. The fraction of sp³-hybridized carbons (Fsp3) is 0.400. The molecule has 1 fully saturated rings. The van der Waals surface area contributed by atoms with Crippen molar-refractivity contribution in [1.29, 1.82) is 0 Å². The van der Waals surface area contributed by atoms with E-state index in [9.17, 15) is 28.3 Å². The maximum atomic E-state index is 14.7. The molecule has 2 heterocycles. The minimum Gasteiger partial charge on any atom is -0.457 e. The first-order chi connectivity index (χ1) is 15.5. The second kappa shape index (κ2) is 10.0. The number of rotatable bonds is 8. The highest BCUT2D eigenvalue weighted by atomic mass is 31.2. The van der Waals surface area contributed by atoms with Gasteiger partial charge in [0.1, 0.15) is 11.6 Å². The number of carbonyl (C=O) groups is 1. The van der Waals surface area contributed by atoms with Crippen molar-refractivity contribution in [3.63, 3.8) is 0 Å². The lowest BCUT2D eigenvalue weighted by Crippen LogP contribution is -2.37. The van der Waals surface area contributed by atoms with Gasteiger partial charge in [-0.25, -0.2) is 4.39 Å². The summed E-state index contributed by atoms with van der Waals surface area (Å²) in [5, 5.41) is 8.18. The Kier molecular flexibility index (Phi) is 7.73. The Balaban J connectivity index is 1.77. The zero-order valence-corrected chi connectivity index (χ0v) is 19.7. The fourth-order valence-corrected chi connectivity index (χ4v) is 7.41. The molecule has 1 saturated heterocycles. The number of ether oxygens (including phenoxy) is 2. The van der Waals surface area contributed by atoms with Gasteiger partial charge in [0.25, 0.3) is 0 Å². The average Bonchev–Trinajstić information content (AvgIpc) is 2.73. The molecule has 4 unspecified atom stereocenters. The number of benzene rings is 1. The normalized spacial score (nSPS) is 29.4. The molecule has 0 saturated carbocycles. The van der Waals surface area contributed by atoms with E-state index >= 15 is 0 Å². The van der Waals surface area contributed by atoms with Crippen LogP contribution in [-0.4, -0.2) is 39.5 Å². The summed E-state index contributed by atoms with van der Waals surface area (Å²) in [7, 11) is -9.25. The van der Waals surface area contributed by atoms with Crippen LogP contribution in [0.5, 0.6) is 5.75 Å². The molecule has 180 valence electrons. The van der Waals surface area contributed by atoms with Gasteiger partial charge in [-0.05, 0) is 30.2 Å². The van der Waals surface area contributed by atoms with Crippen molar-refractivity contribution < 1.29 is 46.8 Å². The first kappa shape index (κ1) is 25.5. The highest BCUT2D eigenvalue weighted by molar-refractivity contribution is 7.75. The van der Waals surface area contributed by atoms with E-state index in [1.54, 1.807) is 6.07 Å². The second-order valence-electron chi connectivity index (χ2n) is 7.43. The van der Waals surface area contributed by atoms with Gasteiger partial charge in [-0.1, -0.05) is 13.0 Å².